The van der Waals surface area contributed by atoms with Gasteiger partial charge in [-0.15, -0.1) is 0 Å². The fraction of sp³-hybridized carbons (Fsp3) is 0.562. The summed E-state index contributed by atoms with van der Waals surface area (Å²) < 4.78 is 0. The zero-order chi connectivity index (χ0) is 15.4. The van der Waals surface area contributed by atoms with Gasteiger partial charge in [-0.25, -0.2) is 0 Å². The largest absolute Gasteiger partial charge is 0.398 e. The van der Waals surface area contributed by atoms with Crippen LogP contribution in [0.4, 0.5) is 11.4 Å². The molecule has 116 valence electrons. The van der Waals surface area contributed by atoms with Gasteiger partial charge in [0.2, 0.25) is 5.91 Å². The van der Waals surface area contributed by atoms with Gasteiger partial charge in [0.15, 0.2) is 0 Å². The molecule has 1 amide bonds. The first-order valence-corrected chi connectivity index (χ1v) is 8.59. The Kier molecular flexibility index (Phi) is 5.53. The number of anilines is 2. The summed E-state index contributed by atoms with van der Waals surface area (Å²) in [4.78, 5) is 14.7. The molecule has 1 heterocycles. The zero-order valence-corrected chi connectivity index (χ0v) is 13.9. The Morgan fingerprint density at radius 2 is 2.33 bits per heavy atom. The van der Waals surface area contributed by atoms with Crippen molar-refractivity contribution in [2.45, 2.75) is 38.5 Å². The van der Waals surface area contributed by atoms with E-state index in [0.717, 1.165) is 36.5 Å². The number of nitrogens with zero attached hydrogens (tertiary/aromatic N) is 1. The number of carbonyl (C=O) groups is 1. The number of nitrogen functional groups attached to an aromatic ring is 1. The Morgan fingerprint density at radius 3 is 3.05 bits per heavy atom. The molecule has 1 fully saturated rings. The van der Waals surface area contributed by atoms with Crippen LogP contribution in [0.2, 0.25) is 0 Å². The van der Waals surface area contributed by atoms with Crippen LogP contribution in [0.15, 0.2) is 18.2 Å². The number of amides is 1. The van der Waals surface area contributed by atoms with Crippen molar-refractivity contribution < 1.29 is 4.79 Å². The predicted octanol–water partition coefficient (Wildman–Crippen LogP) is 2.73. The van der Waals surface area contributed by atoms with Gasteiger partial charge in [0.25, 0.3) is 0 Å². The highest BCUT2D eigenvalue weighted by Gasteiger charge is 2.27. The first-order valence-electron chi connectivity index (χ1n) is 7.54. The van der Waals surface area contributed by atoms with Gasteiger partial charge in [-0.3, -0.25) is 9.69 Å². The third-order valence-electron chi connectivity index (χ3n) is 4.19. The molecular weight excluding hydrogens is 282 g/mol. The van der Waals surface area contributed by atoms with Crippen LogP contribution in [0.3, 0.4) is 0 Å². The van der Waals surface area contributed by atoms with E-state index in [1.165, 1.54) is 0 Å². The molecule has 1 aliphatic heterocycles. The van der Waals surface area contributed by atoms with Crippen molar-refractivity contribution in [1.29, 1.82) is 0 Å². The first-order chi connectivity index (χ1) is 10.0. The summed E-state index contributed by atoms with van der Waals surface area (Å²) in [6.07, 6.45) is 1.16. The van der Waals surface area contributed by atoms with Crippen molar-refractivity contribution in [3.8, 4) is 0 Å². The molecule has 1 aromatic rings. The summed E-state index contributed by atoms with van der Waals surface area (Å²) in [5.41, 5.74) is 8.34. The molecule has 0 aliphatic carbocycles. The van der Waals surface area contributed by atoms with Gasteiger partial charge in [0.1, 0.15) is 0 Å². The summed E-state index contributed by atoms with van der Waals surface area (Å²) in [5.74, 6) is 1.15. The van der Waals surface area contributed by atoms with Gasteiger partial charge in [0.05, 0.1) is 6.04 Å². The second-order valence-corrected chi connectivity index (χ2v) is 6.99. The molecule has 0 bridgehead atoms. The van der Waals surface area contributed by atoms with Crippen LogP contribution >= 0.6 is 11.8 Å². The van der Waals surface area contributed by atoms with E-state index in [9.17, 15) is 4.79 Å². The number of rotatable bonds is 4. The highest BCUT2D eigenvalue weighted by molar-refractivity contribution is 8.00. The molecule has 0 radical (unpaired) electrons. The number of hydrogen-bond donors (Lipinski definition) is 2. The van der Waals surface area contributed by atoms with E-state index in [2.05, 4.69) is 17.1 Å². The molecule has 1 aliphatic rings. The summed E-state index contributed by atoms with van der Waals surface area (Å²) in [5, 5.41) is 3.66. The number of nitrogens with two attached hydrogens (primary N) is 1. The molecule has 1 saturated heterocycles. The minimum atomic E-state index is -0.110. The summed E-state index contributed by atoms with van der Waals surface area (Å²) in [6.45, 7) is 8.10. The SMILES string of the molecule is CCC1CN(C(C)C(=O)Nc2cccc(N)c2C)CCS1. The molecule has 4 nitrogen and oxygen atoms in total. The molecule has 0 aromatic heterocycles. The third kappa shape index (κ3) is 3.92. The van der Waals surface area contributed by atoms with Gasteiger partial charge in [-0.1, -0.05) is 13.0 Å². The third-order valence-corrected chi connectivity index (χ3v) is 5.56. The molecule has 5 heteroatoms. The minimum absolute atomic E-state index is 0.0467. The Morgan fingerprint density at radius 1 is 1.57 bits per heavy atom. The van der Waals surface area contributed by atoms with Gasteiger partial charge in [-0.2, -0.15) is 11.8 Å². The van der Waals surface area contributed by atoms with E-state index < -0.39 is 0 Å². The Hall–Kier alpha value is -1.20. The van der Waals surface area contributed by atoms with E-state index in [1.54, 1.807) is 0 Å². The Labute approximate surface area is 131 Å². The topological polar surface area (TPSA) is 58.4 Å². The lowest BCUT2D eigenvalue weighted by Crippen LogP contribution is -2.48. The van der Waals surface area contributed by atoms with Crippen LogP contribution in [0.25, 0.3) is 0 Å². The van der Waals surface area contributed by atoms with E-state index in [4.69, 9.17) is 5.73 Å². The van der Waals surface area contributed by atoms with Crippen molar-refractivity contribution in [2.24, 2.45) is 0 Å². The normalized spacial score (nSPS) is 21.0. The number of hydrogen-bond acceptors (Lipinski definition) is 4. The van der Waals surface area contributed by atoms with Crippen molar-refractivity contribution in [2.75, 3.05) is 29.9 Å². The van der Waals surface area contributed by atoms with Crippen LogP contribution < -0.4 is 11.1 Å². The number of nitrogens with one attached hydrogen (secondary N) is 1. The van der Waals surface area contributed by atoms with Gasteiger partial charge in [-0.05, 0) is 38.0 Å². The average Bonchev–Trinajstić information content (AvgIpc) is 2.51. The monoisotopic (exact) mass is 307 g/mol. The maximum Gasteiger partial charge on any atom is 0.241 e. The van der Waals surface area contributed by atoms with Crippen molar-refractivity contribution in [3.63, 3.8) is 0 Å². The van der Waals surface area contributed by atoms with Crippen LogP contribution in [-0.4, -0.2) is 40.9 Å². The second kappa shape index (κ2) is 7.18. The highest BCUT2D eigenvalue weighted by atomic mass is 32.2. The summed E-state index contributed by atoms with van der Waals surface area (Å²) in [6, 6.07) is 5.51. The number of thioether (sulfide) groups is 1. The van der Waals surface area contributed by atoms with Crippen LogP contribution in [-0.2, 0) is 4.79 Å². The lowest BCUT2D eigenvalue weighted by atomic mass is 10.1. The molecule has 21 heavy (non-hydrogen) atoms. The van der Waals surface area contributed by atoms with Crippen molar-refractivity contribution >= 4 is 29.0 Å². The predicted molar refractivity (Wildman–Crippen MR) is 91.8 cm³/mol. The first kappa shape index (κ1) is 16.2. The van der Waals surface area contributed by atoms with Crippen molar-refractivity contribution in [3.05, 3.63) is 23.8 Å². The van der Waals surface area contributed by atoms with Gasteiger partial charge >= 0.3 is 0 Å². The molecular formula is C16H25N3OS. The molecule has 0 spiro atoms. The lowest BCUT2D eigenvalue weighted by Gasteiger charge is -2.35. The maximum atomic E-state index is 12.5. The van der Waals surface area contributed by atoms with E-state index in [-0.39, 0.29) is 11.9 Å². The standard InChI is InChI=1S/C16H25N3OS/c1-4-13-10-19(8-9-21-13)12(3)16(20)18-15-7-5-6-14(17)11(15)2/h5-7,12-13H,4,8-10,17H2,1-3H3,(H,18,20). The zero-order valence-electron chi connectivity index (χ0n) is 13.1. The van der Waals surface area contributed by atoms with Crippen molar-refractivity contribution in [1.82, 2.24) is 4.90 Å². The Bertz CT molecular complexity index is 506. The maximum absolute atomic E-state index is 12.5. The number of benzene rings is 1. The van der Waals surface area contributed by atoms with E-state index in [0.29, 0.717) is 10.9 Å². The number of carbonyl (C=O) groups excluding carboxylic acids is 1. The summed E-state index contributed by atoms with van der Waals surface area (Å²) >= 11 is 2.01. The fourth-order valence-electron chi connectivity index (χ4n) is 2.53. The highest BCUT2D eigenvalue weighted by Crippen LogP contribution is 2.24. The summed E-state index contributed by atoms with van der Waals surface area (Å²) in [7, 11) is 0. The van der Waals surface area contributed by atoms with E-state index >= 15 is 0 Å². The molecule has 0 saturated carbocycles. The van der Waals surface area contributed by atoms with Crippen LogP contribution in [0.1, 0.15) is 25.8 Å². The quantitative estimate of drug-likeness (QED) is 0.840. The van der Waals surface area contributed by atoms with Gasteiger partial charge < -0.3 is 11.1 Å². The minimum Gasteiger partial charge on any atom is -0.398 e. The van der Waals surface area contributed by atoms with Crippen LogP contribution in [0, 0.1) is 6.92 Å². The fourth-order valence-corrected chi connectivity index (χ4v) is 3.74. The molecule has 2 atom stereocenters. The molecule has 2 rings (SSSR count). The van der Waals surface area contributed by atoms with Gasteiger partial charge in [0, 0.05) is 35.5 Å². The molecule has 2 unspecified atom stereocenters. The molecule has 3 N–H and O–H groups in total. The lowest BCUT2D eigenvalue weighted by molar-refractivity contribution is -0.120. The molecule has 1 aromatic carbocycles. The Balaban J connectivity index is 2.00. The average molecular weight is 307 g/mol. The van der Waals surface area contributed by atoms with E-state index in [1.807, 2.05) is 43.8 Å². The van der Waals surface area contributed by atoms with Crippen LogP contribution in [0.5, 0.6) is 0 Å². The second-order valence-electron chi connectivity index (χ2n) is 5.58. The smallest absolute Gasteiger partial charge is 0.241 e.